The topological polar surface area (TPSA) is 58.6 Å². The lowest BCUT2D eigenvalue weighted by molar-refractivity contribution is -0.120. The molecule has 2 N–H and O–H groups in total. The molecule has 0 saturated heterocycles. The van der Waals surface area contributed by atoms with Crippen LogP contribution >= 0.6 is 11.8 Å². The molecular weight excluding hydrogens is 214 g/mol. The first-order chi connectivity index (χ1) is 7.11. The summed E-state index contributed by atoms with van der Waals surface area (Å²) in [6.07, 6.45) is 0. The highest BCUT2D eigenvalue weighted by atomic mass is 32.2. The fourth-order valence-electron chi connectivity index (χ4n) is 0.857. The fraction of sp³-hybridized carbons (Fsp3) is 0.900. The average Bonchev–Trinajstić information content (AvgIpc) is 2.25. The molecule has 0 aromatic heterocycles. The summed E-state index contributed by atoms with van der Waals surface area (Å²) in [4.78, 5) is 11.5. The second-order valence-electron chi connectivity index (χ2n) is 3.55. The summed E-state index contributed by atoms with van der Waals surface area (Å²) in [5.74, 6) is 1.07. The van der Waals surface area contributed by atoms with E-state index in [2.05, 4.69) is 5.32 Å². The van der Waals surface area contributed by atoms with E-state index < -0.39 is 0 Å². The molecule has 0 saturated carbocycles. The molecule has 1 amide bonds. The van der Waals surface area contributed by atoms with E-state index in [9.17, 15) is 4.79 Å². The molecule has 0 aromatic rings. The van der Waals surface area contributed by atoms with Gasteiger partial charge in [0.15, 0.2) is 0 Å². The van der Waals surface area contributed by atoms with Crippen molar-refractivity contribution in [2.24, 2.45) is 5.92 Å². The van der Waals surface area contributed by atoms with Crippen molar-refractivity contribution in [3.05, 3.63) is 0 Å². The van der Waals surface area contributed by atoms with E-state index in [-0.39, 0.29) is 23.7 Å². The van der Waals surface area contributed by atoms with E-state index in [0.29, 0.717) is 13.2 Å². The highest BCUT2D eigenvalue weighted by Gasteiger charge is 2.13. The van der Waals surface area contributed by atoms with Crippen LogP contribution in [0, 0.1) is 5.92 Å². The molecule has 0 heterocycles. The molecule has 0 radical (unpaired) electrons. The first-order valence-electron chi connectivity index (χ1n) is 5.11. The minimum absolute atomic E-state index is 0.0298. The van der Waals surface area contributed by atoms with Crippen molar-refractivity contribution < 1.29 is 14.6 Å². The number of aliphatic hydroxyl groups excluding tert-OH is 1. The number of aliphatic hydroxyl groups is 1. The number of nitrogens with one attached hydrogen (secondary N) is 1. The SMILES string of the molecule is COCCNC(=O)C(C)SCC(C)CO. The van der Waals surface area contributed by atoms with Crippen LogP contribution < -0.4 is 5.32 Å². The second-order valence-corrected chi connectivity index (χ2v) is 4.92. The van der Waals surface area contributed by atoms with Crippen LogP contribution in [0.3, 0.4) is 0 Å². The number of hydrogen-bond donors (Lipinski definition) is 2. The van der Waals surface area contributed by atoms with Crippen LogP contribution in [0.25, 0.3) is 0 Å². The van der Waals surface area contributed by atoms with Gasteiger partial charge in [0.05, 0.1) is 11.9 Å². The van der Waals surface area contributed by atoms with Crippen LogP contribution in [-0.4, -0.2) is 48.9 Å². The van der Waals surface area contributed by atoms with Crippen molar-refractivity contribution in [2.45, 2.75) is 19.1 Å². The Morgan fingerprint density at radius 2 is 2.20 bits per heavy atom. The van der Waals surface area contributed by atoms with Gasteiger partial charge in [0.1, 0.15) is 0 Å². The Labute approximate surface area is 95.8 Å². The number of rotatable bonds is 8. The van der Waals surface area contributed by atoms with E-state index >= 15 is 0 Å². The Morgan fingerprint density at radius 1 is 1.53 bits per heavy atom. The molecule has 15 heavy (non-hydrogen) atoms. The van der Waals surface area contributed by atoms with Gasteiger partial charge >= 0.3 is 0 Å². The summed E-state index contributed by atoms with van der Waals surface area (Å²) in [5, 5.41) is 11.5. The minimum atomic E-state index is -0.0733. The van der Waals surface area contributed by atoms with Crippen molar-refractivity contribution in [1.82, 2.24) is 5.32 Å². The molecule has 2 atom stereocenters. The third-order valence-corrected chi connectivity index (χ3v) is 3.39. The van der Waals surface area contributed by atoms with Crippen molar-refractivity contribution >= 4 is 17.7 Å². The van der Waals surface area contributed by atoms with E-state index in [1.165, 1.54) is 0 Å². The molecule has 0 spiro atoms. The summed E-state index contributed by atoms with van der Waals surface area (Å²) in [7, 11) is 1.60. The van der Waals surface area contributed by atoms with Gasteiger partial charge in [-0.2, -0.15) is 0 Å². The Bertz CT molecular complexity index is 178. The number of carbonyl (C=O) groups excluding carboxylic acids is 1. The number of amides is 1. The Hall–Kier alpha value is -0.260. The van der Waals surface area contributed by atoms with E-state index in [4.69, 9.17) is 9.84 Å². The van der Waals surface area contributed by atoms with Crippen LogP contribution in [0.4, 0.5) is 0 Å². The number of thioether (sulfide) groups is 1. The summed E-state index contributed by atoms with van der Waals surface area (Å²) >= 11 is 1.56. The van der Waals surface area contributed by atoms with Gasteiger partial charge in [-0.05, 0) is 18.6 Å². The summed E-state index contributed by atoms with van der Waals surface area (Å²) in [6, 6.07) is 0. The quantitative estimate of drug-likeness (QED) is 0.602. The molecule has 0 fully saturated rings. The van der Waals surface area contributed by atoms with Crippen LogP contribution in [0.2, 0.25) is 0 Å². The van der Waals surface area contributed by atoms with E-state index in [1.54, 1.807) is 18.9 Å². The number of methoxy groups -OCH3 is 1. The summed E-state index contributed by atoms with van der Waals surface area (Å²) in [5.41, 5.74) is 0. The predicted molar refractivity (Wildman–Crippen MR) is 63.1 cm³/mol. The lowest BCUT2D eigenvalue weighted by atomic mass is 10.2. The van der Waals surface area contributed by atoms with Gasteiger partial charge in [0.25, 0.3) is 0 Å². The van der Waals surface area contributed by atoms with Gasteiger partial charge in [-0.15, -0.1) is 11.8 Å². The Kier molecular flexibility index (Phi) is 8.85. The Morgan fingerprint density at radius 3 is 2.73 bits per heavy atom. The molecule has 0 aromatic carbocycles. The Balaban J connectivity index is 3.60. The first kappa shape index (κ1) is 14.7. The highest BCUT2D eigenvalue weighted by Crippen LogP contribution is 2.14. The first-order valence-corrected chi connectivity index (χ1v) is 6.15. The maximum Gasteiger partial charge on any atom is 0.232 e. The van der Waals surface area contributed by atoms with Gasteiger partial charge in [0, 0.05) is 20.3 Å². The van der Waals surface area contributed by atoms with Gasteiger partial charge in [-0.25, -0.2) is 0 Å². The van der Waals surface area contributed by atoms with Crippen molar-refractivity contribution in [3.8, 4) is 0 Å². The lowest BCUT2D eigenvalue weighted by Gasteiger charge is -2.13. The van der Waals surface area contributed by atoms with Crippen LogP contribution in [0.15, 0.2) is 0 Å². The normalized spacial score (nSPS) is 14.7. The molecule has 0 rings (SSSR count). The maximum atomic E-state index is 11.5. The minimum Gasteiger partial charge on any atom is -0.396 e. The lowest BCUT2D eigenvalue weighted by Crippen LogP contribution is -2.33. The zero-order chi connectivity index (χ0) is 11.7. The van der Waals surface area contributed by atoms with Gasteiger partial charge in [-0.1, -0.05) is 6.92 Å². The third-order valence-electron chi connectivity index (χ3n) is 1.92. The number of ether oxygens (including phenoxy) is 1. The van der Waals surface area contributed by atoms with Crippen LogP contribution in [-0.2, 0) is 9.53 Å². The third kappa shape index (κ3) is 7.64. The van der Waals surface area contributed by atoms with Gasteiger partial charge in [0.2, 0.25) is 5.91 Å². The standard InChI is InChI=1S/C10H21NO3S/c1-8(6-12)7-15-9(2)10(13)11-4-5-14-3/h8-9,12H,4-7H2,1-3H3,(H,11,13). The zero-order valence-electron chi connectivity index (χ0n) is 9.66. The average molecular weight is 235 g/mol. The molecular formula is C10H21NO3S. The molecule has 90 valence electrons. The smallest absolute Gasteiger partial charge is 0.232 e. The predicted octanol–water partition coefficient (Wildman–Crippen LogP) is 0.499. The van der Waals surface area contributed by atoms with E-state index in [0.717, 1.165) is 5.75 Å². The molecule has 2 unspecified atom stereocenters. The molecule has 0 bridgehead atoms. The van der Waals surface area contributed by atoms with Gasteiger partial charge < -0.3 is 15.2 Å². The molecule has 4 nitrogen and oxygen atoms in total. The van der Waals surface area contributed by atoms with Crippen LogP contribution in [0.5, 0.6) is 0 Å². The molecule has 0 aliphatic rings. The highest BCUT2D eigenvalue weighted by molar-refractivity contribution is 8.00. The number of hydrogen-bond acceptors (Lipinski definition) is 4. The van der Waals surface area contributed by atoms with Crippen LogP contribution in [0.1, 0.15) is 13.8 Å². The van der Waals surface area contributed by atoms with Gasteiger partial charge in [-0.3, -0.25) is 4.79 Å². The fourth-order valence-corrected chi connectivity index (χ4v) is 1.81. The molecule has 0 aliphatic carbocycles. The number of carbonyl (C=O) groups is 1. The maximum absolute atomic E-state index is 11.5. The van der Waals surface area contributed by atoms with E-state index in [1.807, 2.05) is 13.8 Å². The summed E-state index contributed by atoms with van der Waals surface area (Å²) < 4.78 is 4.83. The van der Waals surface area contributed by atoms with Crippen molar-refractivity contribution in [1.29, 1.82) is 0 Å². The zero-order valence-corrected chi connectivity index (χ0v) is 10.5. The molecule has 0 aliphatic heterocycles. The van der Waals surface area contributed by atoms with Crippen molar-refractivity contribution in [3.63, 3.8) is 0 Å². The largest absolute Gasteiger partial charge is 0.396 e. The summed E-state index contributed by atoms with van der Waals surface area (Å²) in [6.45, 7) is 5.09. The monoisotopic (exact) mass is 235 g/mol. The van der Waals surface area contributed by atoms with Crippen molar-refractivity contribution in [2.75, 3.05) is 32.6 Å². The molecule has 5 heteroatoms. The second kappa shape index (κ2) is 9.00.